The lowest BCUT2D eigenvalue weighted by molar-refractivity contribution is -0.143. The van der Waals surface area contributed by atoms with Gasteiger partial charge in [0.05, 0.1) is 16.6 Å². The van der Waals surface area contributed by atoms with Crippen LogP contribution in [-0.4, -0.2) is 18.6 Å². The minimum Gasteiger partial charge on any atom is -0.388 e. The SMILES string of the molecule is CC.CNc1cc(C(F)(F)F)cc(C(F)(F)F)c1.S=CNC1CCCCC1. The lowest BCUT2D eigenvalue weighted by Gasteiger charge is -2.20. The van der Waals surface area contributed by atoms with E-state index in [4.69, 9.17) is 12.2 Å². The highest BCUT2D eigenvalue weighted by molar-refractivity contribution is 7.78. The Balaban J connectivity index is 0.000000519. The fourth-order valence-corrected chi connectivity index (χ4v) is 2.66. The second-order valence-electron chi connectivity index (χ2n) is 5.66. The first-order valence-electron chi connectivity index (χ1n) is 8.75. The van der Waals surface area contributed by atoms with Crippen molar-refractivity contribution in [3.63, 3.8) is 0 Å². The molecule has 0 aromatic heterocycles. The van der Waals surface area contributed by atoms with Crippen molar-refractivity contribution in [2.75, 3.05) is 12.4 Å². The second-order valence-corrected chi connectivity index (χ2v) is 5.90. The highest BCUT2D eigenvalue weighted by Gasteiger charge is 2.36. The Labute approximate surface area is 161 Å². The number of hydrogen-bond donors (Lipinski definition) is 2. The summed E-state index contributed by atoms with van der Waals surface area (Å²) in [7, 11) is 1.25. The molecule has 2 N–H and O–H groups in total. The molecule has 1 aliphatic rings. The molecule has 0 unspecified atom stereocenters. The highest BCUT2D eigenvalue weighted by Crippen LogP contribution is 2.37. The van der Waals surface area contributed by atoms with Crippen molar-refractivity contribution in [3.8, 4) is 0 Å². The van der Waals surface area contributed by atoms with Crippen molar-refractivity contribution in [1.82, 2.24) is 5.32 Å². The van der Waals surface area contributed by atoms with Gasteiger partial charge in [-0.15, -0.1) is 0 Å². The molecule has 156 valence electrons. The van der Waals surface area contributed by atoms with Gasteiger partial charge in [0.15, 0.2) is 0 Å². The molecule has 1 aromatic rings. The predicted octanol–water partition coefficient (Wildman–Crippen LogP) is 6.66. The van der Waals surface area contributed by atoms with E-state index in [0.717, 1.165) is 0 Å². The van der Waals surface area contributed by atoms with Crippen LogP contribution in [0.2, 0.25) is 0 Å². The lowest BCUT2D eigenvalue weighted by atomic mass is 9.96. The molecule has 0 atom stereocenters. The number of nitrogens with one attached hydrogen (secondary N) is 2. The van der Waals surface area contributed by atoms with Crippen LogP contribution in [0.3, 0.4) is 0 Å². The van der Waals surface area contributed by atoms with E-state index in [0.29, 0.717) is 18.2 Å². The van der Waals surface area contributed by atoms with Gasteiger partial charge < -0.3 is 10.6 Å². The first kappa shape index (κ1) is 25.5. The van der Waals surface area contributed by atoms with E-state index in [1.807, 2.05) is 13.8 Å². The van der Waals surface area contributed by atoms with Crippen molar-refractivity contribution in [3.05, 3.63) is 29.3 Å². The summed E-state index contributed by atoms with van der Waals surface area (Å²) >= 11 is 4.70. The van der Waals surface area contributed by atoms with Crippen molar-refractivity contribution in [2.24, 2.45) is 0 Å². The van der Waals surface area contributed by atoms with Crippen LogP contribution in [0.25, 0.3) is 0 Å². The van der Waals surface area contributed by atoms with Gasteiger partial charge in [0.2, 0.25) is 0 Å². The maximum absolute atomic E-state index is 12.3. The first-order valence-corrected chi connectivity index (χ1v) is 9.22. The van der Waals surface area contributed by atoms with Gasteiger partial charge in [0, 0.05) is 18.8 Å². The molecule has 0 amide bonds. The highest BCUT2D eigenvalue weighted by atomic mass is 32.1. The molecule has 1 fully saturated rings. The Morgan fingerprint density at radius 1 is 0.889 bits per heavy atom. The third-order valence-electron chi connectivity index (χ3n) is 3.79. The summed E-state index contributed by atoms with van der Waals surface area (Å²) in [6, 6.07) is 2.02. The molecule has 0 heterocycles. The van der Waals surface area contributed by atoms with Crippen LogP contribution in [0.1, 0.15) is 57.1 Å². The molecule has 2 nitrogen and oxygen atoms in total. The Kier molecular flexibility index (Phi) is 11.4. The first-order chi connectivity index (χ1) is 12.6. The van der Waals surface area contributed by atoms with Crippen molar-refractivity contribution in [2.45, 2.75) is 64.3 Å². The topological polar surface area (TPSA) is 24.1 Å². The van der Waals surface area contributed by atoms with Gasteiger partial charge in [-0.05, 0) is 31.0 Å². The zero-order valence-corrected chi connectivity index (χ0v) is 16.4. The van der Waals surface area contributed by atoms with Crippen LogP contribution in [0.15, 0.2) is 18.2 Å². The van der Waals surface area contributed by atoms with Crippen LogP contribution >= 0.6 is 12.2 Å². The van der Waals surface area contributed by atoms with E-state index in [1.54, 1.807) is 5.49 Å². The average molecular weight is 416 g/mol. The molecule has 1 aliphatic carbocycles. The summed E-state index contributed by atoms with van der Waals surface area (Å²) in [5.41, 5.74) is -1.24. The van der Waals surface area contributed by atoms with Gasteiger partial charge in [0.1, 0.15) is 0 Å². The molecule has 1 aromatic carbocycles. The number of alkyl halides is 6. The van der Waals surface area contributed by atoms with E-state index < -0.39 is 23.5 Å². The minimum absolute atomic E-state index is 0.0842. The average Bonchev–Trinajstić information content (AvgIpc) is 2.63. The fourth-order valence-electron chi connectivity index (χ4n) is 2.46. The van der Waals surface area contributed by atoms with Gasteiger partial charge >= 0.3 is 12.4 Å². The molecule has 0 spiro atoms. The monoisotopic (exact) mass is 416 g/mol. The van der Waals surface area contributed by atoms with Gasteiger partial charge in [-0.3, -0.25) is 0 Å². The lowest BCUT2D eigenvalue weighted by Crippen LogP contribution is -2.28. The van der Waals surface area contributed by atoms with Gasteiger partial charge in [-0.1, -0.05) is 45.3 Å². The largest absolute Gasteiger partial charge is 0.416 e. The predicted molar refractivity (Wildman–Crippen MR) is 101 cm³/mol. The third-order valence-corrected chi connectivity index (χ3v) is 3.92. The summed E-state index contributed by atoms with van der Waals surface area (Å²) < 4.78 is 73.7. The number of halogens is 6. The Bertz CT molecular complexity index is 520. The molecule has 9 heteroatoms. The maximum atomic E-state index is 12.3. The Hall–Kier alpha value is -1.51. The van der Waals surface area contributed by atoms with Crippen molar-refractivity contribution < 1.29 is 26.3 Å². The maximum Gasteiger partial charge on any atom is 0.416 e. The molecule has 0 aliphatic heterocycles. The fraction of sp³-hybridized carbons (Fsp3) is 0.611. The summed E-state index contributed by atoms with van der Waals surface area (Å²) in [5, 5.41) is 5.43. The van der Waals surface area contributed by atoms with E-state index in [9.17, 15) is 26.3 Å². The van der Waals surface area contributed by atoms with E-state index in [-0.39, 0.29) is 11.8 Å². The summed E-state index contributed by atoms with van der Waals surface area (Å²) in [6.07, 6.45) is -2.81. The second kappa shape index (κ2) is 12.0. The van der Waals surface area contributed by atoms with Crippen LogP contribution < -0.4 is 10.6 Å². The molecule has 2 rings (SSSR count). The van der Waals surface area contributed by atoms with Crippen molar-refractivity contribution >= 4 is 23.4 Å². The van der Waals surface area contributed by atoms with E-state index in [1.165, 1.54) is 39.2 Å². The summed E-state index contributed by atoms with van der Waals surface area (Å²) in [4.78, 5) is 0. The molecule has 0 saturated heterocycles. The number of hydrogen-bond acceptors (Lipinski definition) is 2. The van der Waals surface area contributed by atoms with Crippen molar-refractivity contribution in [1.29, 1.82) is 0 Å². The quantitative estimate of drug-likeness (QED) is 0.426. The number of rotatable bonds is 3. The number of benzene rings is 1. The standard InChI is InChI=1S/C9H7F6N.C7H13NS.C2H6/c1-16-7-3-5(8(10,11)12)2-6(4-7)9(13,14)15;9-6-8-7-4-2-1-3-5-7;1-2/h2-4,16H,1H3;6-7H,1-5H2,(H,8,9);1-2H3. The third kappa shape index (κ3) is 9.83. The molecule has 27 heavy (non-hydrogen) atoms. The van der Waals surface area contributed by atoms with Gasteiger partial charge in [0.25, 0.3) is 0 Å². The zero-order chi connectivity index (χ0) is 21.1. The summed E-state index contributed by atoms with van der Waals surface area (Å²) in [6.45, 7) is 4.00. The number of anilines is 1. The van der Waals surface area contributed by atoms with E-state index >= 15 is 0 Å². The summed E-state index contributed by atoms with van der Waals surface area (Å²) in [5.74, 6) is 0. The molecular formula is C18H26F6N2S. The van der Waals surface area contributed by atoms with Crippen LogP contribution in [0.4, 0.5) is 32.0 Å². The van der Waals surface area contributed by atoms with Crippen LogP contribution in [0, 0.1) is 0 Å². The molecule has 0 bridgehead atoms. The van der Waals surface area contributed by atoms with Crippen LogP contribution in [0.5, 0.6) is 0 Å². The molecule has 1 saturated carbocycles. The molecule has 0 radical (unpaired) electrons. The van der Waals surface area contributed by atoms with Gasteiger partial charge in [-0.25, -0.2) is 0 Å². The Morgan fingerprint density at radius 2 is 1.33 bits per heavy atom. The normalized spacial score (nSPS) is 14.9. The number of thiocarbonyl (C=S) groups is 1. The molecular weight excluding hydrogens is 390 g/mol. The van der Waals surface area contributed by atoms with Crippen LogP contribution in [-0.2, 0) is 12.4 Å². The smallest absolute Gasteiger partial charge is 0.388 e. The van der Waals surface area contributed by atoms with Gasteiger partial charge in [-0.2, -0.15) is 26.3 Å². The van der Waals surface area contributed by atoms with E-state index in [2.05, 4.69) is 10.6 Å². The minimum atomic E-state index is -4.80. The Morgan fingerprint density at radius 3 is 1.67 bits per heavy atom. The zero-order valence-electron chi connectivity index (χ0n) is 15.6.